The fourth-order valence-corrected chi connectivity index (χ4v) is 5.63. The molecule has 0 spiro atoms. The molecule has 1 aliphatic heterocycles. The minimum absolute atomic E-state index is 0.0347. The lowest BCUT2D eigenvalue weighted by atomic mass is 9.74. The summed E-state index contributed by atoms with van der Waals surface area (Å²) in [6.45, 7) is 0. The molecule has 1 atom stereocenters. The molecule has 1 aromatic carbocycles. The van der Waals surface area contributed by atoms with E-state index in [1.165, 1.54) is 12.1 Å². The zero-order valence-corrected chi connectivity index (χ0v) is 13.3. The Bertz CT molecular complexity index is 553. The molecule has 2 rings (SSSR count). The molecule has 2 nitrogen and oxygen atoms in total. The largest absolute Gasteiger partial charge is 0.229 e. The van der Waals surface area contributed by atoms with Gasteiger partial charge in [-0.15, -0.1) is 23.2 Å². The Kier molecular flexibility index (Phi) is 4.98. The number of benzene rings is 1. The normalized spacial score (nSPS) is 22.1. The van der Waals surface area contributed by atoms with E-state index >= 15 is 0 Å². The molecular weight excluding hydrogens is 322 g/mol. The maximum atomic E-state index is 13.0. The molecule has 6 heteroatoms. The molecule has 0 amide bonds. The summed E-state index contributed by atoms with van der Waals surface area (Å²) in [5.41, 5.74) is 0.474. The molecule has 1 fully saturated rings. The molecule has 1 aliphatic rings. The molecule has 1 unspecified atom stereocenters. The van der Waals surface area contributed by atoms with Crippen LogP contribution in [0, 0.1) is 17.2 Å². The fourth-order valence-electron chi connectivity index (χ4n) is 2.78. The van der Waals surface area contributed by atoms with Gasteiger partial charge in [0.1, 0.15) is 5.82 Å². The van der Waals surface area contributed by atoms with Crippen LogP contribution in [0.15, 0.2) is 24.3 Å². The van der Waals surface area contributed by atoms with Crippen LogP contribution in [0.3, 0.4) is 0 Å². The summed E-state index contributed by atoms with van der Waals surface area (Å²) in [5, 5.41) is 0. The van der Waals surface area contributed by atoms with Crippen LogP contribution in [0.5, 0.6) is 0 Å². The first-order valence-corrected chi connectivity index (χ1v) is 9.37. The third kappa shape index (κ3) is 3.46. The average Bonchev–Trinajstić information content (AvgIpc) is 2.79. The predicted octanol–water partition coefficient (Wildman–Crippen LogP) is 3.27. The molecule has 0 N–H and O–H groups in total. The van der Waals surface area contributed by atoms with Crippen LogP contribution in [-0.2, 0) is 16.3 Å². The highest BCUT2D eigenvalue weighted by Gasteiger charge is 2.43. The highest BCUT2D eigenvalue weighted by Crippen LogP contribution is 2.41. The summed E-state index contributed by atoms with van der Waals surface area (Å²) >= 11 is 12.3. The quantitative estimate of drug-likeness (QED) is 0.772. The van der Waals surface area contributed by atoms with Crippen molar-refractivity contribution < 1.29 is 12.8 Å². The lowest BCUT2D eigenvalue weighted by Crippen LogP contribution is -2.37. The minimum atomic E-state index is -2.98. The molecule has 1 heterocycles. The summed E-state index contributed by atoms with van der Waals surface area (Å²) < 4.78 is 36.3. The van der Waals surface area contributed by atoms with Crippen molar-refractivity contribution in [3.05, 3.63) is 35.6 Å². The lowest BCUT2D eigenvalue weighted by Gasteiger charge is -2.35. The number of rotatable bonds is 5. The van der Waals surface area contributed by atoms with Crippen LogP contribution >= 0.6 is 23.2 Å². The molecule has 0 aromatic heterocycles. The van der Waals surface area contributed by atoms with Gasteiger partial charge in [0.15, 0.2) is 9.84 Å². The van der Waals surface area contributed by atoms with E-state index in [4.69, 9.17) is 23.2 Å². The van der Waals surface area contributed by atoms with Crippen molar-refractivity contribution in [2.24, 2.45) is 11.3 Å². The topological polar surface area (TPSA) is 34.1 Å². The zero-order chi connectivity index (χ0) is 14.8. The predicted molar refractivity (Wildman–Crippen MR) is 80.7 cm³/mol. The van der Waals surface area contributed by atoms with Crippen molar-refractivity contribution in [1.82, 2.24) is 0 Å². The molecule has 0 bridgehead atoms. The molecule has 0 aliphatic carbocycles. The summed E-state index contributed by atoms with van der Waals surface area (Å²) in [4.78, 5) is 0. The van der Waals surface area contributed by atoms with Crippen LogP contribution in [-0.4, -0.2) is 31.7 Å². The minimum Gasteiger partial charge on any atom is -0.229 e. The van der Waals surface area contributed by atoms with Gasteiger partial charge in [0.25, 0.3) is 0 Å². The van der Waals surface area contributed by atoms with Crippen LogP contribution in [0.1, 0.15) is 12.0 Å². The Balaban J connectivity index is 2.23. The van der Waals surface area contributed by atoms with E-state index in [0.29, 0.717) is 24.6 Å². The molecule has 1 saturated heterocycles. The Morgan fingerprint density at radius 2 is 1.80 bits per heavy atom. The van der Waals surface area contributed by atoms with Crippen molar-refractivity contribution >= 4 is 33.0 Å². The Labute approximate surface area is 129 Å². The summed E-state index contributed by atoms with van der Waals surface area (Å²) in [7, 11) is -2.98. The van der Waals surface area contributed by atoms with Gasteiger partial charge < -0.3 is 0 Å². The van der Waals surface area contributed by atoms with Gasteiger partial charge in [0.05, 0.1) is 11.5 Å². The van der Waals surface area contributed by atoms with E-state index in [9.17, 15) is 12.8 Å². The van der Waals surface area contributed by atoms with E-state index in [2.05, 4.69) is 0 Å². The van der Waals surface area contributed by atoms with Gasteiger partial charge in [-0.25, -0.2) is 12.8 Å². The first-order valence-electron chi connectivity index (χ1n) is 6.47. The maximum Gasteiger partial charge on any atom is 0.150 e. The average molecular weight is 339 g/mol. The second-order valence-corrected chi connectivity index (χ2v) is 8.30. The van der Waals surface area contributed by atoms with Gasteiger partial charge in [0.2, 0.25) is 0 Å². The fraction of sp³-hybridized carbons (Fsp3) is 0.571. The molecule has 0 radical (unpaired) electrons. The van der Waals surface area contributed by atoms with Crippen LogP contribution < -0.4 is 0 Å². The molecule has 112 valence electrons. The van der Waals surface area contributed by atoms with E-state index < -0.39 is 15.3 Å². The second-order valence-electron chi connectivity index (χ2n) is 5.53. The van der Waals surface area contributed by atoms with Gasteiger partial charge in [-0.3, -0.25) is 0 Å². The van der Waals surface area contributed by atoms with Crippen LogP contribution in [0.2, 0.25) is 0 Å². The molecule has 20 heavy (non-hydrogen) atoms. The lowest BCUT2D eigenvalue weighted by molar-refractivity contribution is 0.244. The molecule has 0 saturated carbocycles. The first kappa shape index (κ1) is 16.1. The first-order chi connectivity index (χ1) is 9.41. The highest BCUT2D eigenvalue weighted by molar-refractivity contribution is 7.91. The molecule has 1 aromatic rings. The van der Waals surface area contributed by atoms with Crippen molar-refractivity contribution in [2.45, 2.75) is 12.8 Å². The summed E-state index contributed by atoms with van der Waals surface area (Å²) in [6.07, 6.45) is 1.17. The van der Waals surface area contributed by atoms with E-state index in [1.807, 2.05) is 0 Å². The number of sulfone groups is 1. The standard InChI is InChI=1S/C14H17Cl2FO2S/c15-9-14(10-16,12-5-6-20(18,19)8-12)7-11-1-3-13(17)4-2-11/h1-4,12H,5-10H2. The van der Waals surface area contributed by atoms with Crippen molar-refractivity contribution in [1.29, 1.82) is 0 Å². The summed E-state index contributed by atoms with van der Waals surface area (Å²) in [6, 6.07) is 6.20. The molecular formula is C14H17Cl2FO2S. The summed E-state index contributed by atoms with van der Waals surface area (Å²) in [5.74, 6) is 0.624. The number of alkyl halides is 2. The SMILES string of the molecule is O=S1(=O)CCC(C(CCl)(CCl)Cc2ccc(F)cc2)C1. The Morgan fingerprint density at radius 3 is 2.25 bits per heavy atom. The van der Waals surface area contributed by atoms with Crippen molar-refractivity contribution in [3.63, 3.8) is 0 Å². The Morgan fingerprint density at radius 1 is 1.20 bits per heavy atom. The third-order valence-corrected chi connectivity index (χ3v) is 6.93. The van der Waals surface area contributed by atoms with Crippen LogP contribution in [0.25, 0.3) is 0 Å². The van der Waals surface area contributed by atoms with Gasteiger partial charge in [-0.2, -0.15) is 0 Å². The van der Waals surface area contributed by atoms with Crippen LogP contribution in [0.4, 0.5) is 4.39 Å². The smallest absolute Gasteiger partial charge is 0.150 e. The van der Waals surface area contributed by atoms with E-state index in [0.717, 1.165) is 5.56 Å². The van der Waals surface area contributed by atoms with Gasteiger partial charge in [0, 0.05) is 17.2 Å². The van der Waals surface area contributed by atoms with Gasteiger partial charge in [-0.1, -0.05) is 12.1 Å². The van der Waals surface area contributed by atoms with Crippen molar-refractivity contribution in [3.8, 4) is 0 Å². The number of hydrogen-bond donors (Lipinski definition) is 0. The van der Waals surface area contributed by atoms with Gasteiger partial charge >= 0.3 is 0 Å². The van der Waals surface area contributed by atoms with Crippen molar-refractivity contribution in [2.75, 3.05) is 23.3 Å². The second kappa shape index (κ2) is 6.20. The highest BCUT2D eigenvalue weighted by atomic mass is 35.5. The number of halogens is 3. The number of hydrogen-bond acceptors (Lipinski definition) is 2. The van der Waals surface area contributed by atoms with E-state index in [1.54, 1.807) is 12.1 Å². The monoisotopic (exact) mass is 338 g/mol. The maximum absolute atomic E-state index is 13.0. The van der Waals surface area contributed by atoms with E-state index in [-0.39, 0.29) is 23.2 Å². The third-order valence-electron chi connectivity index (χ3n) is 4.10. The Hall–Kier alpha value is -0.320. The zero-order valence-electron chi connectivity index (χ0n) is 11.0. The van der Waals surface area contributed by atoms with Gasteiger partial charge in [-0.05, 0) is 36.5 Å².